The number of nitrogens with zero attached hydrogens (tertiary/aromatic N) is 2. The average molecular weight is 441 g/mol. The van der Waals surface area contributed by atoms with Crippen molar-refractivity contribution >= 4 is 11.7 Å². The number of likely N-dealkylation sites (tertiary alicyclic amines) is 1. The number of ether oxygens (including phenoxy) is 1. The van der Waals surface area contributed by atoms with Crippen LogP contribution in [-0.4, -0.2) is 48.6 Å². The van der Waals surface area contributed by atoms with Crippen molar-refractivity contribution in [2.75, 3.05) is 32.7 Å². The van der Waals surface area contributed by atoms with Gasteiger partial charge in [-0.2, -0.15) is 0 Å². The van der Waals surface area contributed by atoms with Crippen LogP contribution in [0.2, 0.25) is 0 Å². The number of rotatable bonds is 9. The quantitative estimate of drug-likeness (QED) is 0.418. The van der Waals surface area contributed by atoms with Crippen molar-refractivity contribution in [1.29, 1.82) is 0 Å². The smallest absolute Gasteiger partial charge is 0.410 e. The molecule has 0 saturated carbocycles. The molecule has 4 heteroatoms. The van der Waals surface area contributed by atoms with Crippen molar-refractivity contribution in [3.63, 3.8) is 0 Å². The fourth-order valence-corrected chi connectivity index (χ4v) is 4.18. The van der Waals surface area contributed by atoms with Crippen LogP contribution in [0, 0.1) is 0 Å². The highest BCUT2D eigenvalue weighted by Gasteiger charge is 2.18. The van der Waals surface area contributed by atoms with Gasteiger partial charge in [-0.05, 0) is 48.2 Å². The van der Waals surface area contributed by atoms with E-state index in [0.717, 1.165) is 41.9 Å². The molecule has 170 valence electrons. The summed E-state index contributed by atoms with van der Waals surface area (Å²) in [5.41, 5.74) is 4.40. The number of hydrogen-bond acceptors (Lipinski definition) is 3. The Labute approximate surface area is 197 Å². The van der Waals surface area contributed by atoms with Gasteiger partial charge in [-0.1, -0.05) is 97.1 Å². The number of amides is 1. The van der Waals surface area contributed by atoms with E-state index in [1.165, 1.54) is 12.8 Å². The van der Waals surface area contributed by atoms with Crippen molar-refractivity contribution in [3.05, 3.63) is 114 Å². The molecule has 0 aromatic heterocycles. The molecule has 1 aliphatic heterocycles. The van der Waals surface area contributed by atoms with E-state index in [9.17, 15) is 4.79 Å². The van der Waals surface area contributed by atoms with E-state index in [2.05, 4.69) is 35.2 Å². The maximum absolute atomic E-state index is 13.1. The lowest BCUT2D eigenvalue weighted by atomic mass is 9.97. The molecule has 1 aliphatic rings. The van der Waals surface area contributed by atoms with Gasteiger partial charge in [0, 0.05) is 19.6 Å². The zero-order valence-corrected chi connectivity index (χ0v) is 19.1. The van der Waals surface area contributed by atoms with Crippen molar-refractivity contribution in [2.24, 2.45) is 0 Å². The van der Waals surface area contributed by atoms with Crippen LogP contribution < -0.4 is 0 Å². The van der Waals surface area contributed by atoms with E-state index in [1.54, 1.807) is 0 Å². The fourth-order valence-electron chi connectivity index (χ4n) is 4.18. The Balaban J connectivity index is 1.51. The van der Waals surface area contributed by atoms with Crippen LogP contribution in [0.5, 0.6) is 0 Å². The Morgan fingerprint density at radius 3 is 1.94 bits per heavy atom. The molecule has 0 radical (unpaired) electrons. The third kappa shape index (κ3) is 6.80. The molecule has 0 spiro atoms. The number of hydrogen-bond donors (Lipinski definition) is 0. The molecular formula is C29H32N2O2. The Hall–Kier alpha value is -3.37. The third-order valence-electron chi connectivity index (χ3n) is 6.03. The summed E-state index contributed by atoms with van der Waals surface area (Å²) >= 11 is 0. The fraction of sp³-hybridized carbons (Fsp3) is 0.276. The second-order valence-corrected chi connectivity index (χ2v) is 8.38. The Kier molecular flexibility index (Phi) is 8.31. The first-order valence-electron chi connectivity index (χ1n) is 11.8. The summed E-state index contributed by atoms with van der Waals surface area (Å²) < 4.78 is 5.69. The van der Waals surface area contributed by atoms with Crippen molar-refractivity contribution in [1.82, 2.24) is 9.80 Å². The van der Waals surface area contributed by atoms with Gasteiger partial charge in [0.05, 0.1) is 0 Å². The lowest BCUT2D eigenvalue weighted by molar-refractivity contribution is 0.0967. The molecule has 1 amide bonds. The molecule has 0 unspecified atom stereocenters. The first-order valence-corrected chi connectivity index (χ1v) is 11.8. The van der Waals surface area contributed by atoms with E-state index >= 15 is 0 Å². The molecule has 33 heavy (non-hydrogen) atoms. The summed E-state index contributed by atoms with van der Waals surface area (Å²) in [6, 6.07) is 30.5. The van der Waals surface area contributed by atoms with Crippen molar-refractivity contribution in [3.8, 4) is 0 Å². The summed E-state index contributed by atoms with van der Waals surface area (Å²) in [6.45, 7) is 4.54. The second-order valence-electron chi connectivity index (χ2n) is 8.38. The molecule has 4 rings (SSSR count). The summed E-state index contributed by atoms with van der Waals surface area (Å²) in [4.78, 5) is 17.3. The van der Waals surface area contributed by atoms with Crippen molar-refractivity contribution < 1.29 is 9.53 Å². The van der Waals surface area contributed by atoms with E-state index < -0.39 is 0 Å². The number of carbonyl (C=O) groups is 1. The minimum absolute atomic E-state index is 0.269. The van der Waals surface area contributed by atoms with Gasteiger partial charge in [0.1, 0.15) is 6.61 Å². The highest BCUT2D eigenvalue weighted by atomic mass is 16.6. The molecule has 0 atom stereocenters. The zero-order chi connectivity index (χ0) is 22.7. The standard InChI is InChI=1S/C29H32N2O2/c32-29(33-24-25-12-4-1-5-13-25)31(23-22-30-19-10-11-20-30)21-18-28(26-14-6-2-7-15-26)27-16-8-3-9-17-27/h1-9,12-18H,10-11,19-24H2. The van der Waals surface area contributed by atoms with E-state index in [4.69, 9.17) is 4.74 Å². The van der Waals surface area contributed by atoms with Gasteiger partial charge in [0.25, 0.3) is 0 Å². The van der Waals surface area contributed by atoms with Crippen LogP contribution in [0.4, 0.5) is 4.79 Å². The van der Waals surface area contributed by atoms with Crippen LogP contribution in [0.1, 0.15) is 29.5 Å². The topological polar surface area (TPSA) is 32.8 Å². The van der Waals surface area contributed by atoms with Crippen LogP contribution >= 0.6 is 0 Å². The molecule has 0 bridgehead atoms. The van der Waals surface area contributed by atoms with Gasteiger partial charge in [-0.15, -0.1) is 0 Å². The normalized spacial score (nSPS) is 13.5. The van der Waals surface area contributed by atoms with Crippen LogP contribution in [0.25, 0.3) is 5.57 Å². The number of carbonyl (C=O) groups excluding carboxylic acids is 1. The van der Waals surface area contributed by atoms with Gasteiger partial charge in [-0.25, -0.2) is 4.79 Å². The number of benzene rings is 3. The van der Waals surface area contributed by atoms with E-state index in [0.29, 0.717) is 13.1 Å². The Bertz CT molecular complexity index is 972. The summed E-state index contributed by atoms with van der Waals surface area (Å²) in [5.74, 6) is 0. The Morgan fingerprint density at radius 1 is 0.818 bits per heavy atom. The van der Waals surface area contributed by atoms with Crippen LogP contribution in [-0.2, 0) is 11.3 Å². The summed E-state index contributed by atoms with van der Waals surface area (Å²) in [7, 11) is 0. The minimum Gasteiger partial charge on any atom is -0.445 e. The summed E-state index contributed by atoms with van der Waals surface area (Å²) in [5, 5.41) is 0. The van der Waals surface area contributed by atoms with Crippen molar-refractivity contribution in [2.45, 2.75) is 19.4 Å². The third-order valence-corrected chi connectivity index (χ3v) is 6.03. The molecule has 3 aromatic rings. The average Bonchev–Trinajstić information content (AvgIpc) is 3.40. The maximum atomic E-state index is 13.1. The Morgan fingerprint density at radius 2 is 1.36 bits per heavy atom. The predicted molar refractivity (Wildman–Crippen MR) is 134 cm³/mol. The summed E-state index contributed by atoms with van der Waals surface area (Å²) in [6.07, 6.45) is 4.36. The second kappa shape index (κ2) is 12.0. The van der Waals surface area contributed by atoms with Gasteiger partial charge in [0.15, 0.2) is 0 Å². The molecule has 0 N–H and O–H groups in total. The minimum atomic E-state index is -0.269. The monoisotopic (exact) mass is 440 g/mol. The van der Waals surface area contributed by atoms with Gasteiger partial charge < -0.3 is 14.5 Å². The highest BCUT2D eigenvalue weighted by Crippen LogP contribution is 2.23. The molecule has 1 saturated heterocycles. The predicted octanol–water partition coefficient (Wildman–Crippen LogP) is 5.85. The molecular weight excluding hydrogens is 408 g/mol. The largest absolute Gasteiger partial charge is 0.445 e. The van der Waals surface area contributed by atoms with Crippen LogP contribution in [0.3, 0.4) is 0 Å². The maximum Gasteiger partial charge on any atom is 0.410 e. The first-order chi connectivity index (χ1) is 16.3. The van der Waals surface area contributed by atoms with Gasteiger partial charge >= 0.3 is 6.09 Å². The van der Waals surface area contributed by atoms with E-state index in [1.807, 2.05) is 71.6 Å². The molecule has 3 aromatic carbocycles. The molecule has 4 nitrogen and oxygen atoms in total. The SMILES string of the molecule is O=C(OCc1ccccc1)N(CC=C(c1ccccc1)c1ccccc1)CCN1CCCC1. The van der Waals surface area contributed by atoms with E-state index in [-0.39, 0.29) is 12.7 Å². The molecule has 1 heterocycles. The molecule has 0 aliphatic carbocycles. The molecule has 1 fully saturated rings. The van der Waals surface area contributed by atoms with Crippen LogP contribution in [0.15, 0.2) is 97.1 Å². The van der Waals surface area contributed by atoms with Gasteiger partial charge in [0.2, 0.25) is 0 Å². The lowest BCUT2D eigenvalue weighted by Gasteiger charge is -2.24. The highest BCUT2D eigenvalue weighted by molar-refractivity contribution is 5.80. The first kappa shape index (κ1) is 22.8. The zero-order valence-electron chi connectivity index (χ0n) is 19.1. The lowest BCUT2D eigenvalue weighted by Crippen LogP contribution is -2.38. The van der Waals surface area contributed by atoms with Gasteiger partial charge in [-0.3, -0.25) is 0 Å².